The molecule has 5 rings (SSSR count). The van der Waals surface area contributed by atoms with Crippen LogP contribution < -0.4 is 0 Å². The highest BCUT2D eigenvalue weighted by Gasteiger charge is 2.54. The Kier molecular flexibility index (Phi) is 7.37. The Morgan fingerprint density at radius 3 is 2.76 bits per heavy atom. The van der Waals surface area contributed by atoms with Crippen molar-refractivity contribution in [1.82, 2.24) is 9.88 Å². The first-order valence-corrected chi connectivity index (χ1v) is 15.5. The van der Waals surface area contributed by atoms with Crippen LogP contribution in [0.3, 0.4) is 0 Å². The minimum atomic E-state index is -0.455. The van der Waals surface area contributed by atoms with Gasteiger partial charge >= 0.3 is 0 Å². The van der Waals surface area contributed by atoms with Gasteiger partial charge in [-0.25, -0.2) is 4.98 Å². The van der Waals surface area contributed by atoms with E-state index in [9.17, 15) is 9.90 Å². The van der Waals surface area contributed by atoms with Crippen molar-refractivity contribution >= 4 is 40.8 Å². The predicted molar refractivity (Wildman–Crippen MR) is 144 cm³/mol. The number of hydrogen-bond donors (Lipinski definition) is 1. The summed E-state index contributed by atoms with van der Waals surface area (Å²) >= 11 is 5.63. The van der Waals surface area contributed by atoms with Crippen LogP contribution in [0, 0.1) is 23.2 Å². The number of hydrogen-bond acceptors (Lipinski definition) is 6. The number of carbonyl (C=O) groups is 1. The number of thioether (sulfide) groups is 2. The largest absolute Gasteiger partial charge is 0.392 e. The van der Waals surface area contributed by atoms with E-state index >= 15 is 0 Å². The highest BCUT2D eigenvalue weighted by molar-refractivity contribution is 7.99. The van der Waals surface area contributed by atoms with E-state index < -0.39 is 6.10 Å². The second-order valence-electron chi connectivity index (χ2n) is 10.6. The molecule has 0 radical (unpaired) electrons. The number of rotatable bonds is 5. The number of amides is 1. The second-order valence-corrected chi connectivity index (χ2v) is 14.0. The van der Waals surface area contributed by atoms with Crippen LogP contribution in [-0.4, -0.2) is 51.6 Å². The Labute approximate surface area is 216 Å². The van der Waals surface area contributed by atoms with E-state index in [1.807, 2.05) is 39.8 Å². The van der Waals surface area contributed by atoms with E-state index in [4.69, 9.17) is 4.98 Å². The number of fused-ring (bicyclic) bond motifs is 2. The molecule has 2 fully saturated rings. The summed E-state index contributed by atoms with van der Waals surface area (Å²) < 4.78 is 0. The lowest BCUT2D eigenvalue weighted by molar-refractivity contribution is -0.144. The number of aromatic nitrogens is 1. The summed E-state index contributed by atoms with van der Waals surface area (Å²) in [5, 5.41) is 12.9. The van der Waals surface area contributed by atoms with Crippen molar-refractivity contribution in [1.29, 1.82) is 0 Å². The fraction of sp³-hybridized carbons (Fsp3) is 0.630. The van der Waals surface area contributed by atoms with E-state index in [2.05, 4.69) is 51.1 Å². The van der Waals surface area contributed by atoms with Crippen LogP contribution in [0.25, 0.3) is 0 Å². The molecule has 6 atom stereocenters. The first-order valence-electron chi connectivity index (χ1n) is 12.6. The fourth-order valence-corrected chi connectivity index (χ4v) is 9.76. The molecule has 2 aromatic rings. The number of aliphatic hydroxyl groups is 1. The number of aliphatic hydroxyl groups excluding tert-OH is 1. The molecule has 184 valence electrons. The Morgan fingerprint density at radius 1 is 1.29 bits per heavy atom. The SMILES string of the molecule is C[C@H](C(=O)N1CCSCC1)[C@H]1CC[C@@]2(C)Cc3sc(CSc4ccccc4)nc3[C@@H](C)[C@@H]2[C@H]1O. The Balaban J connectivity index is 1.32. The minimum Gasteiger partial charge on any atom is -0.392 e. The van der Waals surface area contributed by atoms with Gasteiger partial charge in [0.15, 0.2) is 0 Å². The van der Waals surface area contributed by atoms with Crippen LogP contribution in [0.2, 0.25) is 0 Å². The quantitative estimate of drug-likeness (QED) is 0.517. The van der Waals surface area contributed by atoms with E-state index in [0.29, 0.717) is 0 Å². The van der Waals surface area contributed by atoms with Crippen LogP contribution >= 0.6 is 34.9 Å². The molecule has 7 heteroatoms. The van der Waals surface area contributed by atoms with Crippen LogP contribution in [0.15, 0.2) is 35.2 Å². The van der Waals surface area contributed by atoms with Crippen LogP contribution in [-0.2, 0) is 17.0 Å². The van der Waals surface area contributed by atoms with Gasteiger partial charge in [-0.05, 0) is 48.6 Å². The molecular formula is C27H36N2O2S3. The average molecular weight is 517 g/mol. The van der Waals surface area contributed by atoms with Crippen molar-refractivity contribution in [3.8, 4) is 0 Å². The average Bonchev–Trinajstić information content (AvgIpc) is 3.26. The van der Waals surface area contributed by atoms with E-state index in [1.165, 1.54) is 20.5 Å². The first-order chi connectivity index (χ1) is 16.4. The van der Waals surface area contributed by atoms with Crippen molar-refractivity contribution in [3.05, 3.63) is 45.9 Å². The number of thiazole rings is 1. The monoisotopic (exact) mass is 516 g/mol. The minimum absolute atomic E-state index is 0.0379. The van der Waals surface area contributed by atoms with Gasteiger partial charge in [-0.3, -0.25) is 4.79 Å². The number of nitrogens with zero attached hydrogens (tertiary/aromatic N) is 2. The van der Waals surface area contributed by atoms with E-state index in [1.54, 1.807) is 0 Å². The number of carbonyl (C=O) groups excluding carboxylic acids is 1. The molecule has 2 aliphatic carbocycles. The molecule has 1 aliphatic heterocycles. The smallest absolute Gasteiger partial charge is 0.225 e. The van der Waals surface area contributed by atoms with Gasteiger partial charge in [-0.15, -0.1) is 23.1 Å². The topological polar surface area (TPSA) is 53.4 Å². The molecule has 4 nitrogen and oxygen atoms in total. The zero-order valence-corrected chi connectivity index (χ0v) is 22.9. The third-order valence-corrected chi connectivity index (χ3v) is 11.6. The normalized spacial score (nSPS) is 32.1. The molecule has 0 bridgehead atoms. The summed E-state index contributed by atoms with van der Waals surface area (Å²) in [4.78, 5) is 23.1. The molecule has 1 N–H and O–H groups in total. The van der Waals surface area contributed by atoms with Crippen molar-refractivity contribution in [3.63, 3.8) is 0 Å². The van der Waals surface area contributed by atoms with Crippen molar-refractivity contribution in [2.24, 2.45) is 23.2 Å². The molecule has 0 spiro atoms. The van der Waals surface area contributed by atoms with Gasteiger partial charge in [0.2, 0.25) is 5.91 Å². The molecule has 2 heterocycles. The van der Waals surface area contributed by atoms with E-state index in [0.717, 1.165) is 49.6 Å². The first kappa shape index (κ1) is 24.7. The molecule has 1 amide bonds. The Bertz CT molecular complexity index is 1010. The lowest BCUT2D eigenvalue weighted by Crippen LogP contribution is -2.54. The standard InChI is InChI=1S/C27H36N2O2S3/c1-17(26(31)29-11-13-32-14-12-29)20-9-10-27(3)15-21-24(18(2)23(27)25(20)30)28-22(34-21)16-33-19-7-5-4-6-8-19/h4-8,17-18,20,23,25,30H,9-16H2,1-3H3/t17-,18-,20+,23+,25-,27-/m0/s1. The summed E-state index contributed by atoms with van der Waals surface area (Å²) in [6.45, 7) is 8.37. The van der Waals surface area contributed by atoms with Gasteiger partial charge in [0.25, 0.3) is 0 Å². The lowest BCUT2D eigenvalue weighted by atomic mass is 9.53. The molecule has 3 aliphatic rings. The van der Waals surface area contributed by atoms with Crippen molar-refractivity contribution in [2.75, 3.05) is 24.6 Å². The zero-order chi connectivity index (χ0) is 23.9. The Morgan fingerprint density at radius 2 is 2.03 bits per heavy atom. The summed E-state index contributed by atoms with van der Waals surface area (Å²) in [5.74, 6) is 3.48. The fourth-order valence-electron chi connectivity index (χ4n) is 6.58. The third-order valence-electron chi connectivity index (χ3n) is 8.43. The van der Waals surface area contributed by atoms with Gasteiger partial charge in [-0.2, -0.15) is 11.8 Å². The number of benzene rings is 1. The molecule has 1 saturated heterocycles. The molecule has 1 saturated carbocycles. The van der Waals surface area contributed by atoms with Gasteiger partial charge in [0.1, 0.15) is 5.01 Å². The summed E-state index contributed by atoms with van der Waals surface area (Å²) in [6.07, 6.45) is 2.55. The van der Waals surface area contributed by atoms with Gasteiger partial charge in [0.05, 0.1) is 17.6 Å². The van der Waals surface area contributed by atoms with Gasteiger partial charge < -0.3 is 10.0 Å². The maximum atomic E-state index is 13.2. The van der Waals surface area contributed by atoms with Crippen LogP contribution in [0.4, 0.5) is 0 Å². The van der Waals surface area contributed by atoms with Crippen LogP contribution in [0.1, 0.15) is 55.1 Å². The molecule has 1 aromatic carbocycles. The lowest BCUT2D eigenvalue weighted by Gasteiger charge is -2.53. The van der Waals surface area contributed by atoms with Crippen molar-refractivity contribution < 1.29 is 9.90 Å². The summed E-state index contributed by atoms with van der Waals surface area (Å²) in [6, 6.07) is 10.5. The maximum absolute atomic E-state index is 13.2. The predicted octanol–water partition coefficient (Wildman–Crippen LogP) is 5.70. The third kappa shape index (κ3) is 4.70. The van der Waals surface area contributed by atoms with Crippen LogP contribution in [0.5, 0.6) is 0 Å². The highest BCUT2D eigenvalue weighted by Crippen LogP contribution is 2.57. The van der Waals surface area contributed by atoms with E-state index in [-0.39, 0.29) is 35.0 Å². The molecule has 1 aromatic heterocycles. The zero-order valence-electron chi connectivity index (χ0n) is 20.4. The molecular weight excluding hydrogens is 481 g/mol. The summed E-state index contributed by atoms with van der Waals surface area (Å²) in [5.41, 5.74) is 1.27. The Hall–Kier alpha value is -1.02. The molecule has 0 unspecified atom stereocenters. The van der Waals surface area contributed by atoms with Crippen molar-refractivity contribution in [2.45, 2.75) is 62.7 Å². The second kappa shape index (κ2) is 10.2. The summed E-state index contributed by atoms with van der Waals surface area (Å²) in [7, 11) is 0. The maximum Gasteiger partial charge on any atom is 0.225 e. The molecule has 34 heavy (non-hydrogen) atoms. The highest BCUT2D eigenvalue weighted by atomic mass is 32.2. The van der Waals surface area contributed by atoms with Gasteiger partial charge in [-0.1, -0.05) is 39.0 Å². The van der Waals surface area contributed by atoms with Gasteiger partial charge in [0, 0.05) is 46.2 Å².